The number of nitrogens with zero attached hydrogens (tertiary/aromatic N) is 1. The highest BCUT2D eigenvalue weighted by atomic mass is 32.1. The summed E-state index contributed by atoms with van der Waals surface area (Å²) < 4.78 is 10.6. The van der Waals surface area contributed by atoms with Crippen molar-refractivity contribution in [1.29, 1.82) is 0 Å². The number of methoxy groups -OCH3 is 1. The van der Waals surface area contributed by atoms with Crippen LogP contribution in [0, 0.1) is 0 Å². The maximum atomic E-state index is 5.65. The number of benzene rings is 1. The first-order valence-corrected chi connectivity index (χ1v) is 7.98. The third-order valence-electron chi connectivity index (χ3n) is 2.83. The van der Waals surface area contributed by atoms with Crippen molar-refractivity contribution >= 4 is 11.3 Å². The largest absolute Gasteiger partial charge is 0.491 e. The van der Waals surface area contributed by atoms with Gasteiger partial charge in [0, 0.05) is 31.1 Å². The monoisotopic (exact) mass is 306 g/mol. The van der Waals surface area contributed by atoms with E-state index >= 15 is 0 Å². The fourth-order valence-electron chi connectivity index (χ4n) is 1.87. The molecule has 0 radical (unpaired) electrons. The van der Waals surface area contributed by atoms with Gasteiger partial charge in [0.15, 0.2) is 0 Å². The Morgan fingerprint density at radius 2 is 2.00 bits per heavy atom. The molecule has 0 unspecified atom stereocenters. The molecule has 0 bridgehead atoms. The molecule has 1 heterocycles. The van der Waals surface area contributed by atoms with E-state index in [1.165, 1.54) is 0 Å². The van der Waals surface area contributed by atoms with E-state index in [-0.39, 0.29) is 6.10 Å². The molecule has 0 saturated carbocycles. The molecule has 1 N–H and O–H groups in total. The molecular formula is C16H22N2O2S. The van der Waals surface area contributed by atoms with Crippen LogP contribution in [0.5, 0.6) is 5.75 Å². The van der Waals surface area contributed by atoms with E-state index in [4.69, 9.17) is 9.47 Å². The zero-order valence-electron chi connectivity index (χ0n) is 12.8. The molecule has 2 aromatic rings. The van der Waals surface area contributed by atoms with Gasteiger partial charge in [-0.05, 0) is 38.1 Å². The molecule has 4 nitrogen and oxygen atoms in total. The van der Waals surface area contributed by atoms with Crippen LogP contribution in [0.25, 0.3) is 11.3 Å². The normalized spacial score (nSPS) is 11.0. The first kappa shape index (κ1) is 15.9. The Morgan fingerprint density at radius 1 is 1.24 bits per heavy atom. The first-order valence-electron chi connectivity index (χ1n) is 7.10. The van der Waals surface area contributed by atoms with E-state index in [1.807, 2.05) is 26.0 Å². The SMILES string of the molecule is COCCNCc1nc(-c2ccc(OC(C)C)cc2)cs1. The minimum Gasteiger partial charge on any atom is -0.491 e. The summed E-state index contributed by atoms with van der Waals surface area (Å²) in [6.45, 7) is 6.39. The van der Waals surface area contributed by atoms with Gasteiger partial charge in [0.25, 0.3) is 0 Å². The lowest BCUT2D eigenvalue weighted by Crippen LogP contribution is -2.18. The molecule has 0 aliphatic rings. The lowest BCUT2D eigenvalue weighted by molar-refractivity contribution is 0.199. The number of hydrogen-bond donors (Lipinski definition) is 1. The van der Waals surface area contributed by atoms with Crippen molar-refractivity contribution in [2.45, 2.75) is 26.5 Å². The van der Waals surface area contributed by atoms with Crippen molar-refractivity contribution in [2.24, 2.45) is 0 Å². The Hall–Kier alpha value is -1.43. The molecule has 114 valence electrons. The maximum absolute atomic E-state index is 5.65. The van der Waals surface area contributed by atoms with Crippen LogP contribution in [-0.2, 0) is 11.3 Å². The number of ether oxygens (including phenoxy) is 2. The highest BCUT2D eigenvalue weighted by Gasteiger charge is 2.05. The van der Waals surface area contributed by atoms with Crippen LogP contribution in [-0.4, -0.2) is 31.3 Å². The van der Waals surface area contributed by atoms with E-state index < -0.39 is 0 Å². The van der Waals surface area contributed by atoms with Crippen LogP contribution in [0.4, 0.5) is 0 Å². The van der Waals surface area contributed by atoms with E-state index in [1.54, 1.807) is 18.4 Å². The summed E-state index contributed by atoms with van der Waals surface area (Å²) in [5.74, 6) is 0.894. The van der Waals surface area contributed by atoms with Crippen LogP contribution in [0.1, 0.15) is 18.9 Å². The number of nitrogens with one attached hydrogen (secondary N) is 1. The standard InChI is InChI=1S/C16H22N2O2S/c1-12(2)20-14-6-4-13(5-7-14)15-11-21-16(18-15)10-17-8-9-19-3/h4-7,11-12,17H,8-10H2,1-3H3. The Balaban J connectivity index is 1.94. The zero-order chi connectivity index (χ0) is 15.1. The summed E-state index contributed by atoms with van der Waals surface area (Å²) in [6, 6.07) is 8.08. The van der Waals surface area contributed by atoms with Gasteiger partial charge in [0.1, 0.15) is 10.8 Å². The molecule has 0 atom stereocenters. The summed E-state index contributed by atoms with van der Waals surface area (Å²) in [4.78, 5) is 4.64. The number of hydrogen-bond acceptors (Lipinski definition) is 5. The van der Waals surface area contributed by atoms with Crippen molar-refractivity contribution < 1.29 is 9.47 Å². The number of aromatic nitrogens is 1. The molecule has 0 aliphatic heterocycles. The van der Waals surface area contributed by atoms with E-state index in [2.05, 4.69) is 27.8 Å². The Labute approximate surface area is 130 Å². The summed E-state index contributed by atoms with van der Waals surface area (Å²) in [6.07, 6.45) is 0.194. The van der Waals surface area contributed by atoms with Crippen molar-refractivity contribution in [3.05, 3.63) is 34.7 Å². The van der Waals surface area contributed by atoms with Gasteiger partial charge >= 0.3 is 0 Å². The van der Waals surface area contributed by atoms with Crippen molar-refractivity contribution in [3.8, 4) is 17.0 Å². The van der Waals surface area contributed by atoms with Crippen LogP contribution in [0.3, 0.4) is 0 Å². The van der Waals surface area contributed by atoms with Crippen LogP contribution in [0.15, 0.2) is 29.6 Å². The molecule has 0 fully saturated rings. The average molecular weight is 306 g/mol. The van der Waals surface area contributed by atoms with Crippen LogP contribution >= 0.6 is 11.3 Å². The fourth-order valence-corrected chi connectivity index (χ4v) is 2.64. The molecule has 0 aliphatic carbocycles. The fraction of sp³-hybridized carbons (Fsp3) is 0.438. The van der Waals surface area contributed by atoms with Crippen LogP contribution in [0.2, 0.25) is 0 Å². The third-order valence-corrected chi connectivity index (χ3v) is 3.68. The second kappa shape index (κ2) is 8.12. The predicted molar refractivity (Wildman–Crippen MR) is 86.9 cm³/mol. The summed E-state index contributed by atoms with van der Waals surface area (Å²) in [7, 11) is 1.70. The van der Waals surface area contributed by atoms with E-state index in [0.29, 0.717) is 0 Å². The molecule has 5 heteroatoms. The van der Waals surface area contributed by atoms with Gasteiger partial charge in [-0.15, -0.1) is 11.3 Å². The smallest absolute Gasteiger partial charge is 0.119 e. The summed E-state index contributed by atoms with van der Waals surface area (Å²) in [5, 5.41) is 6.48. The minimum absolute atomic E-state index is 0.194. The van der Waals surface area contributed by atoms with Gasteiger partial charge in [0.05, 0.1) is 18.4 Å². The van der Waals surface area contributed by atoms with Gasteiger partial charge in [-0.3, -0.25) is 0 Å². The average Bonchev–Trinajstić information content (AvgIpc) is 2.93. The summed E-state index contributed by atoms with van der Waals surface area (Å²) in [5.41, 5.74) is 2.13. The Bertz CT molecular complexity index is 537. The molecule has 0 amide bonds. The Kier molecular flexibility index (Phi) is 6.17. The zero-order valence-corrected chi connectivity index (χ0v) is 13.6. The van der Waals surface area contributed by atoms with Gasteiger partial charge in [0.2, 0.25) is 0 Å². The topological polar surface area (TPSA) is 43.4 Å². The quantitative estimate of drug-likeness (QED) is 0.760. The highest BCUT2D eigenvalue weighted by molar-refractivity contribution is 7.09. The summed E-state index contributed by atoms with van der Waals surface area (Å²) >= 11 is 1.67. The van der Waals surface area contributed by atoms with Crippen molar-refractivity contribution in [3.63, 3.8) is 0 Å². The van der Waals surface area contributed by atoms with Gasteiger partial charge < -0.3 is 14.8 Å². The minimum atomic E-state index is 0.194. The molecule has 21 heavy (non-hydrogen) atoms. The Morgan fingerprint density at radius 3 is 2.67 bits per heavy atom. The van der Waals surface area contributed by atoms with Crippen LogP contribution < -0.4 is 10.1 Å². The lowest BCUT2D eigenvalue weighted by Gasteiger charge is -2.09. The second-order valence-corrected chi connectivity index (χ2v) is 5.93. The molecule has 0 saturated heterocycles. The van der Waals surface area contributed by atoms with E-state index in [9.17, 15) is 0 Å². The van der Waals surface area contributed by atoms with Crippen molar-refractivity contribution in [1.82, 2.24) is 10.3 Å². The lowest BCUT2D eigenvalue weighted by atomic mass is 10.2. The molecule has 1 aromatic heterocycles. The predicted octanol–water partition coefficient (Wildman–Crippen LogP) is 3.33. The maximum Gasteiger partial charge on any atom is 0.119 e. The highest BCUT2D eigenvalue weighted by Crippen LogP contribution is 2.24. The van der Waals surface area contributed by atoms with Gasteiger partial charge in [-0.1, -0.05) is 0 Å². The molecule has 1 aromatic carbocycles. The molecule has 0 spiro atoms. The second-order valence-electron chi connectivity index (χ2n) is 4.99. The van der Waals surface area contributed by atoms with E-state index in [0.717, 1.165) is 41.7 Å². The molecular weight excluding hydrogens is 284 g/mol. The third kappa shape index (κ3) is 5.12. The number of rotatable bonds is 8. The first-order chi connectivity index (χ1) is 10.2. The molecule has 2 rings (SSSR count). The number of thiazole rings is 1. The van der Waals surface area contributed by atoms with Gasteiger partial charge in [-0.25, -0.2) is 4.98 Å². The van der Waals surface area contributed by atoms with Gasteiger partial charge in [-0.2, -0.15) is 0 Å². The van der Waals surface area contributed by atoms with Crippen molar-refractivity contribution in [2.75, 3.05) is 20.3 Å².